The highest BCUT2D eigenvalue weighted by Gasteiger charge is 1.97. The Balaban J connectivity index is 2.99. The van der Waals surface area contributed by atoms with Gasteiger partial charge in [-0.3, -0.25) is 9.59 Å². The molecule has 0 fully saturated rings. The Kier molecular flexibility index (Phi) is 7.89. The van der Waals surface area contributed by atoms with Gasteiger partial charge in [-0.2, -0.15) is 0 Å². The molecular formula is C10H19NO3. The van der Waals surface area contributed by atoms with Crippen molar-refractivity contribution < 1.29 is 14.7 Å². The molecule has 0 aliphatic carbocycles. The van der Waals surface area contributed by atoms with E-state index in [-0.39, 0.29) is 12.3 Å². The summed E-state index contributed by atoms with van der Waals surface area (Å²) in [5, 5.41) is 8.36. The van der Waals surface area contributed by atoms with E-state index in [1.165, 1.54) is 0 Å². The van der Waals surface area contributed by atoms with Gasteiger partial charge in [-0.25, -0.2) is 0 Å². The predicted molar refractivity (Wildman–Crippen MR) is 53.8 cm³/mol. The fourth-order valence-electron chi connectivity index (χ4n) is 1.28. The average molecular weight is 201 g/mol. The number of carboxylic acids is 1. The van der Waals surface area contributed by atoms with Crippen LogP contribution in [-0.4, -0.2) is 17.0 Å². The monoisotopic (exact) mass is 201 g/mol. The molecule has 1 amide bonds. The van der Waals surface area contributed by atoms with Crippen molar-refractivity contribution in [3.8, 4) is 0 Å². The Morgan fingerprint density at radius 1 is 0.857 bits per heavy atom. The molecule has 0 aliphatic heterocycles. The molecule has 0 aromatic carbocycles. The molecule has 0 unspecified atom stereocenters. The second kappa shape index (κ2) is 8.53. The maximum Gasteiger partial charge on any atom is 0.303 e. The van der Waals surface area contributed by atoms with Crippen molar-refractivity contribution in [3.63, 3.8) is 0 Å². The van der Waals surface area contributed by atoms with E-state index in [1.807, 2.05) is 0 Å². The van der Waals surface area contributed by atoms with Crippen molar-refractivity contribution in [1.29, 1.82) is 0 Å². The van der Waals surface area contributed by atoms with Gasteiger partial charge < -0.3 is 10.8 Å². The fraction of sp³-hybridized carbons (Fsp3) is 0.800. The molecule has 0 bridgehead atoms. The van der Waals surface area contributed by atoms with Crippen LogP contribution in [0.2, 0.25) is 0 Å². The van der Waals surface area contributed by atoms with Crippen LogP contribution in [0.15, 0.2) is 0 Å². The highest BCUT2D eigenvalue weighted by Crippen LogP contribution is 2.08. The first kappa shape index (κ1) is 12.9. The van der Waals surface area contributed by atoms with Gasteiger partial charge >= 0.3 is 5.97 Å². The fourth-order valence-corrected chi connectivity index (χ4v) is 1.28. The summed E-state index contributed by atoms with van der Waals surface area (Å²) >= 11 is 0. The third kappa shape index (κ3) is 10.9. The summed E-state index contributed by atoms with van der Waals surface area (Å²) in [7, 11) is 0. The lowest BCUT2D eigenvalue weighted by atomic mass is 10.1. The zero-order valence-corrected chi connectivity index (χ0v) is 8.50. The van der Waals surface area contributed by atoms with E-state index in [1.54, 1.807) is 0 Å². The lowest BCUT2D eigenvalue weighted by molar-refractivity contribution is -0.137. The SMILES string of the molecule is NC(=O)CCCCCCCCC(=O)O. The molecule has 0 radical (unpaired) electrons. The van der Waals surface area contributed by atoms with Gasteiger partial charge in [0.25, 0.3) is 0 Å². The number of carboxylic acid groups (broad SMARTS) is 1. The molecule has 0 saturated carbocycles. The highest BCUT2D eigenvalue weighted by molar-refractivity contribution is 5.73. The van der Waals surface area contributed by atoms with Gasteiger partial charge in [0.2, 0.25) is 5.91 Å². The molecule has 0 aromatic heterocycles. The second-order valence-electron chi connectivity index (χ2n) is 3.48. The van der Waals surface area contributed by atoms with E-state index in [0.29, 0.717) is 6.42 Å². The van der Waals surface area contributed by atoms with Crippen molar-refractivity contribution in [2.75, 3.05) is 0 Å². The van der Waals surface area contributed by atoms with Crippen molar-refractivity contribution in [2.24, 2.45) is 5.73 Å². The minimum absolute atomic E-state index is 0.240. The van der Waals surface area contributed by atoms with Gasteiger partial charge in [0.05, 0.1) is 0 Å². The Morgan fingerprint density at radius 3 is 1.71 bits per heavy atom. The van der Waals surface area contributed by atoms with Crippen LogP contribution in [-0.2, 0) is 9.59 Å². The van der Waals surface area contributed by atoms with E-state index >= 15 is 0 Å². The van der Waals surface area contributed by atoms with Gasteiger partial charge in [0.15, 0.2) is 0 Å². The number of carbonyl (C=O) groups excluding carboxylic acids is 1. The Hall–Kier alpha value is -1.06. The maximum atomic E-state index is 10.4. The predicted octanol–water partition coefficient (Wildman–Crippen LogP) is 1.68. The lowest BCUT2D eigenvalue weighted by Gasteiger charge is -1.99. The summed E-state index contributed by atoms with van der Waals surface area (Å²) in [5.41, 5.74) is 4.98. The third-order valence-electron chi connectivity index (χ3n) is 2.06. The Labute approximate surface area is 84.5 Å². The number of rotatable bonds is 9. The Bertz CT molecular complexity index is 160. The number of hydrogen-bond acceptors (Lipinski definition) is 2. The first-order chi connectivity index (χ1) is 6.63. The normalized spacial score (nSPS) is 10.0. The molecule has 0 rings (SSSR count). The van der Waals surface area contributed by atoms with E-state index in [0.717, 1.165) is 38.5 Å². The number of hydrogen-bond donors (Lipinski definition) is 2. The number of primary amides is 1. The van der Waals surface area contributed by atoms with Gasteiger partial charge in [-0.15, -0.1) is 0 Å². The van der Waals surface area contributed by atoms with E-state index in [9.17, 15) is 9.59 Å². The highest BCUT2D eigenvalue weighted by atomic mass is 16.4. The molecular weight excluding hydrogens is 182 g/mol. The summed E-state index contributed by atoms with van der Waals surface area (Å²) in [6.07, 6.45) is 6.42. The quantitative estimate of drug-likeness (QED) is 0.557. The summed E-state index contributed by atoms with van der Waals surface area (Å²) in [5.74, 6) is -0.963. The minimum atomic E-state index is -0.723. The summed E-state index contributed by atoms with van der Waals surface area (Å²) < 4.78 is 0. The van der Waals surface area contributed by atoms with Crippen LogP contribution in [0.4, 0.5) is 0 Å². The molecule has 0 aliphatic rings. The molecule has 0 aromatic rings. The van der Waals surface area contributed by atoms with Gasteiger partial charge in [0, 0.05) is 12.8 Å². The van der Waals surface area contributed by atoms with Crippen LogP contribution >= 0.6 is 0 Å². The van der Waals surface area contributed by atoms with E-state index < -0.39 is 5.97 Å². The van der Waals surface area contributed by atoms with Crippen molar-refractivity contribution >= 4 is 11.9 Å². The van der Waals surface area contributed by atoms with Gasteiger partial charge in [-0.05, 0) is 12.8 Å². The molecule has 0 spiro atoms. The standard InChI is InChI=1S/C10H19NO3/c11-9(12)7-5-3-1-2-4-6-8-10(13)14/h1-8H2,(H2,11,12)(H,13,14). The molecule has 4 heteroatoms. The first-order valence-corrected chi connectivity index (χ1v) is 5.13. The van der Waals surface area contributed by atoms with Crippen LogP contribution < -0.4 is 5.73 Å². The van der Waals surface area contributed by atoms with Crippen molar-refractivity contribution in [1.82, 2.24) is 0 Å². The summed E-state index contributed by atoms with van der Waals surface area (Å²) in [6, 6.07) is 0. The summed E-state index contributed by atoms with van der Waals surface area (Å²) in [4.78, 5) is 20.5. The van der Waals surface area contributed by atoms with Crippen LogP contribution in [0.25, 0.3) is 0 Å². The van der Waals surface area contributed by atoms with Gasteiger partial charge in [0.1, 0.15) is 0 Å². The molecule has 0 heterocycles. The minimum Gasteiger partial charge on any atom is -0.481 e. The number of carbonyl (C=O) groups is 2. The molecule has 3 N–H and O–H groups in total. The van der Waals surface area contributed by atoms with Gasteiger partial charge in [-0.1, -0.05) is 25.7 Å². The van der Waals surface area contributed by atoms with Crippen molar-refractivity contribution in [3.05, 3.63) is 0 Å². The average Bonchev–Trinajstić information content (AvgIpc) is 2.08. The van der Waals surface area contributed by atoms with Crippen LogP contribution in [0, 0.1) is 0 Å². The molecule has 0 atom stereocenters. The Morgan fingerprint density at radius 2 is 1.29 bits per heavy atom. The molecule has 0 saturated heterocycles. The third-order valence-corrected chi connectivity index (χ3v) is 2.06. The number of nitrogens with two attached hydrogens (primary N) is 1. The molecule has 14 heavy (non-hydrogen) atoms. The number of unbranched alkanes of at least 4 members (excludes halogenated alkanes) is 5. The van der Waals surface area contributed by atoms with Crippen molar-refractivity contribution in [2.45, 2.75) is 51.4 Å². The van der Waals surface area contributed by atoms with Crippen LogP contribution in [0.1, 0.15) is 51.4 Å². The summed E-state index contributed by atoms with van der Waals surface area (Å²) in [6.45, 7) is 0. The molecule has 82 valence electrons. The maximum absolute atomic E-state index is 10.4. The number of amides is 1. The zero-order valence-electron chi connectivity index (χ0n) is 8.50. The van der Waals surface area contributed by atoms with E-state index in [4.69, 9.17) is 10.8 Å². The largest absolute Gasteiger partial charge is 0.481 e. The lowest BCUT2D eigenvalue weighted by Crippen LogP contribution is -2.09. The van der Waals surface area contributed by atoms with E-state index in [2.05, 4.69) is 0 Å². The first-order valence-electron chi connectivity index (χ1n) is 5.13. The second-order valence-corrected chi connectivity index (χ2v) is 3.48. The smallest absolute Gasteiger partial charge is 0.303 e. The van der Waals surface area contributed by atoms with Crippen LogP contribution in [0.3, 0.4) is 0 Å². The zero-order chi connectivity index (χ0) is 10.8. The number of aliphatic carboxylic acids is 1. The van der Waals surface area contributed by atoms with Crippen LogP contribution in [0.5, 0.6) is 0 Å². The topological polar surface area (TPSA) is 80.4 Å². The molecule has 4 nitrogen and oxygen atoms in total.